The first-order valence-electron chi connectivity index (χ1n) is 5.37. The van der Waals surface area contributed by atoms with E-state index < -0.39 is 0 Å². The molecule has 0 aliphatic heterocycles. The standard InChI is InChI=1S/C11H14N2O3/c1-3-16-11(15)7-4-8-9(5-7)12-6(2)13-10(8)14/h7H,3-5H2,1-2H3,(H,12,13,14). The lowest BCUT2D eigenvalue weighted by molar-refractivity contribution is -0.147. The van der Waals surface area contributed by atoms with Crippen molar-refractivity contribution < 1.29 is 9.53 Å². The minimum Gasteiger partial charge on any atom is -0.466 e. The van der Waals surface area contributed by atoms with E-state index in [0.717, 1.165) is 5.69 Å². The molecule has 1 aliphatic rings. The fourth-order valence-electron chi connectivity index (χ4n) is 2.03. The maximum Gasteiger partial charge on any atom is 0.309 e. The number of carbonyl (C=O) groups is 1. The number of nitrogens with zero attached hydrogens (tertiary/aromatic N) is 1. The Morgan fingerprint density at radius 1 is 1.56 bits per heavy atom. The van der Waals surface area contributed by atoms with E-state index in [9.17, 15) is 9.59 Å². The summed E-state index contributed by atoms with van der Waals surface area (Å²) in [6, 6.07) is 0. The third-order valence-electron chi connectivity index (χ3n) is 2.73. The van der Waals surface area contributed by atoms with Gasteiger partial charge >= 0.3 is 5.97 Å². The quantitative estimate of drug-likeness (QED) is 0.733. The Labute approximate surface area is 92.9 Å². The lowest BCUT2D eigenvalue weighted by Crippen LogP contribution is -2.19. The van der Waals surface area contributed by atoms with E-state index in [1.807, 2.05) is 0 Å². The van der Waals surface area contributed by atoms with Crippen LogP contribution in [-0.2, 0) is 22.4 Å². The number of rotatable bonds is 2. The molecular weight excluding hydrogens is 208 g/mol. The molecule has 1 aromatic rings. The fraction of sp³-hybridized carbons (Fsp3) is 0.545. The van der Waals surface area contributed by atoms with Gasteiger partial charge in [0.1, 0.15) is 5.82 Å². The number of H-pyrrole nitrogens is 1. The van der Waals surface area contributed by atoms with Crippen LogP contribution >= 0.6 is 0 Å². The third-order valence-corrected chi connectivity index (χ3v) is 2.73. The highest BCUT2D eigenvalue weighted by Gasteiger charge is 2.31. The van der Waals surface area contributed by atoms with Gasteiger partial charge in [0.25, 0.3) is 5.56 Å². The summed E-state index contributed by atoms with van der Waals surface area (Å²) in [4.78, 5) is 30.0. The Morgan fingerprint density at radius 3 is 3.00 bits per heavy atom. The van der Waals surface area contributed by atoms with Crippen molar-refractivity contribution >= 4 is 5.97 Å². The predicted octanol–water partition coefficient (Wildman–Crippen LogP) is 0.356. The van der Waals surface area contributed by atoms with Gasteiger partial charge in [0.15, 0.2) is 0 Å². The average molecular weight is 222 g/mol. The molecule has 0 saturated carbocycles. The monoisotopic (exact) mass is 222 g/mol. The fourth-order valence-corrected chi connectivity index (χ4v) is 2.03. The Bertz CT molecular complexity index is 479. The van der Waals surface area contributed by atoms with Crippen molar-refractivity contribution in [3.8, 4) is 0 Å². The molecule has 0 fully saturated rings. The summed E-state index contributed by atoms with van der Waals surface area (Å²) in [7, 11) is 0. The molecule has 0 aromatic carbocycles. The summed E-state index contributed by atoms with van der Waals surface area (Å²) in [5, 5.41) is 0. The highest BCUT2D eigenvalue weighted by Crippen LogP contribution is 2.23. The molecular formula is C11H14N2O3. The van der Waals surface area contributed by atoms with Crippen LogP contribution in [0, 0.1) is 12.8 Å². The number of aromatic amines is 1. The van der Waals surface area contributed by atoms with Crippen LogP contribution in [0.15, 0.2) is 4.79 Å². The number of hydrogen-bond donors (Lipinski definition) is 1. The number of fused-ring (bicyclic) bond motifs is 1. The molecule has 86 valence electrons. The van der Waals surface area contributed by atoms with Gasteiger partial charge in [-0.25, -0.2) is 4.98 Å². The molecule has 0 amide bonds. The SMILES string of the molecule is CCOC(=O)C1Cc2nc(C)[nH]c(=O)c2C1. The van der Waals surface area contributed by atoms with Crippen molar-refractivity contribution in [2.45, 2.75) is 26.7 Å². The molecule has 0 saturated heterocycles. The Hall–Kier alpha value is -1.65. The number of carbonyl (C=O) groups excluding carboxylic acids is 1. The maximum atomic E-state index is 11.6. The van der Waals surface area contributed by atoms with Gasteiger partial charge in [-0.15, -0.1) is 0 Å². The average Bonchev–Trinajstić information content (AvgIpc) is 2.62. The van der Waals surface area contributed by atoms with Crippen molar-refractivity contribution in [1.29, 1.82) is 0 Å². The van der Waals surface area contributed by atoms with E-state index in [-0.39, 0.29) is 17.4 Å². The molecule has 1 atom stereocenters. The Morgan fingerprint density at radius 2 is 2.31 bits per heavy atom. The van der Waals surface area contributed by atoms with Crippen molar-refractivity contribution in [2.24, 2.45) is 5.92 Å². The minimum absolute atomic E-state index is 0.130. The summed E-state index contributed by atoms with van der Waals surface area (Å²) < 4.78 is 4.95. The lowest BCUT2D eigenvalue weighted by atomic mass is 10.1. The van der Waals surface area contributed by atoms with Crippen LogP contribution in [-0.4, -0.2) is 22.5 Å². The van der Waals surface area contributed by atoms with Crippen LogP contribution in [0.25, 0.3) is 0 Å². The van der Waals surface area contributed by atoms with E-state index in [0.29, 0.717) is 30.8 Å². The number of ether oxygens (including phenoxy) is 1. The van der Waals surface area contributed by atoms with Crippen molar-refractivity contribution in [3.05, 3.63) is 27.4 Å². The molecule has 16 heavy (non-hydrogen) atoms. The first-order chi connectivity index (χ1) is 7.61. The highest BCUT2D eigenvalue weighted by molar-refractivity contribution is 5.74. The summed E-state index contributed by atoms with van der Waals surface area (Å²) in [5.41, 5.74) is 1.23. The zero-order valence-corrected chi connectivity index (χ0v) is 9.37. The smallest absolute Gasteiger partial charge is 0.309 e. The second kappa shape index (κ2) is 4.08. The number of esters is 1. The first kappa shape index (κ1) is 10.9. The molecule has 1 aliphatic carbocycles. The Kier molecular flexibility index (Phi) is 2.77. The van der Waals surface area contributed by atoms with Crippen LogP contribution in [0.3, 0.4) is 0 Å². The van der Waals surface area contributed by atoms with Gasteiger partial charge in [0.2, 0.25) is 0 Å². The summed E-state index contributed by atoms with van der Waals surface area (Å²) in [5.74, 6) is 0.108. The van der Waals surface area contributed by atoms with Gasteiger partial charge < -0.3 is 9.72 Å². The molecule has 5 heteroatoms. The number of hydrogen-bond acceptors (Lipinski definition) is 4. The second-order valence-corrected chi connectivity index (χ2v) is 3.93. The van der Waals surface area contributed by atoms with E-state index >= 15 is 0 Å². The molecule has 0 bridgehead atoms. The molecule has 0 radical (unpaired) electrons. The minimum atomic E-state index is -0.245. The largest absolute Gasteiger partial charge is 0.466 e. The van der Waals surface area contributed by atoms with Gasteiger partial charge in [-0.3, -0.25) is 9.59 Å². The van der Waals surface area contributed by atoms with Crippen LogP contribution in [0.2, 0.25) is 0 Å². The number of nitrogens with one attached hydrogen (secondary N) is 1. The second-order valence-electron chi connectivity index (χ2n) is 3.93. The van der Waals surface area contributed by atoms with Gasteiger partial charge in [-0.1, -0.05) is 0 Å². The topological polar surface area (TPSA) is 72.0 Å². The van der Waals surface area contributed by atoms with Crippen molar-refractivity contribution in [2.75, 3.05) is 6.61 Å². The van der Waals surface area contributed by atoms with E-state index in [1.165, 1.54) is 0 Å². The van der Waals surface area contributed by atoms with Gasteiger partial charge in [-0.2, -0.15) is 0 Å². The van der Waals surface area contributed by atoms with Crippen molar-refractivity contribution in [3.63, 3.8) is 0 Å². The number of aryl methyl sites for hydroxylation is 1. The van der Waals surface area contributed by atoms with Crippen molar-refractivity contribution in [1.82, 2.24) is 9.97 Å². The van der Waals surface area contributed by atoms with E-state index in [1.54, 1.807) is 13.8 Å². The molecule has 2 rings (SSSR count). The van der Waals surface area contributed by atoms with Gasteiger partial charge in [0, 0.05) is 12.0 Å². The van der Waals surface area contributed by atoms with Crippen LogP contribution in [0.4, 0.5) is 0 Å². The molecule has 0 spiro atoms. The molecule has 5 nitrogen and oxygen atoms in total. The molecule has 1 unspecified atom stereocenters. The van der Waals surface area contributed by atoms with Gasteiger partial charge in [0.05, 0.1) is 18.2 Å². The van der Waals surface area contributed by atoms with Gasteiger partial charge in [-0.05, 0) is 20.3 Å². The number of aromatic nitrogens is 2. The normalized spacial score (nSPS) is 18.2. The summed E-state index contributed by atoms with van der Waals surface area (Å²) in [6.07, 6.45) is 0.954. The summed E-state index contributed by atoms with van der Waals surface area (Å²) in [6.45, 7) is 3.88. The zero-order valence-electron chi connectivity index (χ0n) is 9.37. The third kappa shape index (κ3) is 1.85. The molecule has 1 heterocycles. The molecule has 1 N–H and O–H groups in total. The highest BCUT2D eigenvalue weighted by atomic mass is 16.5. The van der Waals surface area contributed by atoms with E-state index in [4.69, 9.17) is 4.74 Å². The summed E-state index contributed by atoms with van der Waals surface area (Å²) >= 11 is 0. The Balaban J connectivity index is 2.24. The van der Waals surface area contributed by atoms with Crippen LogP contribution < -0.4 is 5.56 Å². The molecule has 1 aromatic heterocycles. The maximum absolute atomic E-state index is 11.6. The first-order valence-corrected chi connectivity index (χ1v) is 5.37. The predicted molar refractivity (Wildman–Crippen MR) is 57.1 cm³/mol. The lowest BCUT2D eigenvalue weighted by Gasteiger charge is -2.06. The van der Waals surface area contributed by atoms with E-state index in [2.05, 4.69) is 9.97 Å². The van der Waals surface area contributed by atoms with Crippen LogP contribution in [0.1, 0.15) is 24.0 Å². The van der Waals surface area contributed by atoms with Crippen LogP contribution in [0.5, 0.6) is 0 Å². The zero-order chi connectivity index (χ0) is 11.7.